The molecule has 8 heteroatoms. The Labute approximate surface area is 96.6 Å². The molecule has 0 aromatic carbocycles. The molecule has 0 aliphatic heterocycles. The van der Waals surface area contributed by atoms with Crippen molar-refractivity contribution in [3.8, 4) is 0 Å². The minimum absolute atomic E-state index is 0.0594. The van der Waals surface area contributed by atoms with E-state index >= 15 is 0 Å². The van der Waals surface area contributed by atoms with Crippen LogP contribution in [0.1, 0.15) is 13.8 Å². The standard InChI is InChI=1S/C9H15N5O3/c1-9(2,7(11)16)13-4-5(10)14(3)8(17)12-6(4)15/h13H,10H2,1-3H3,(H2,11,16)(H,12,15,17). The van der Waals surface area contributed by atoms with Crippen molar-refractivity contribution in [1.82, 2.24) is 9.55 Å². The van der Waals surface area contributed by atoms with E-state index in [-0.39, 0.29) is 11.5 Å². The first kappa shape index (κ1) is 12.8. The van der Waals surface area contributed by atoms with Crippen molar-refractivity contribution in [3.63, 3.8) is 0 Å². The first-order valence-corrected chi connectivity index (χ1v) is 4.83. The van der Waals surface area contributed by atoms with E-state index in [4.69, 9.17) is 11.5 Å². The molecule has 1 aromatic rings. The Kier molecular flexibility index (Phi) is 2.99. The van der Waals surface area contributed by atoms with Gasteiger partial charge in [-0.05, 0) is 13.8 Å². The van der Waals surface area contributed by atoms with Gasteiger partial charge in [-0.2, -0.15) is 0 Å². The summed E-state index contributed by atoms with van der Waals surface area (Å²) in [5, 5.41) is 2.62. The summed E-state index contributed by atoms with van der Waals surface area (Å²) < 4.78 is 1.06. The number of nitrogens with zero attached hydrogens (tertiary/aromatic N) is 1. The Bertz CT molecular complexity index is 569. The number of carbonyl (C=O) groups is 1. The van der Waals surface area contributed by atoms with E-state index in [0.29, 0.717) is 0 Å². The number of carbonyl (C=O) groups excluding carboxylic acids is 1. The van der Waals surface area contributed by atoms with E-state index in [1.54, 1.807) is 0 Å². The van der Waals surface area contributed by atoms with Crippen LogP contribution in [0.2, 0.25) is 0 Å². The maximum atomic E-state index is 11.5. The highest BCUT2D eigenvalue weighted by molar-refractivity contribution is 5.87. The number of H-pyrrole nitrogens is 1. The number of primary amides is 1. The fourth-order valence-corrected chi connectivity index (χ4v) is 1.13. The van der Waals surface area contributed by atoms with E-state index in [2.05, 4.69) is 10.3 Å². The Morgan fingerprint density at radius 2 is 1.94 bits per heavy atom. The molecule has 0 radical (unpaired) electrons. The normalized spacial score (nSPS) is 11.2. The van der Waals surface area contributed by atoms with Crippen LogP contribution >= 0.6 is 0 Å². The van der Waals surface area contributed by atoms with Gasteiger partial charge in [-0.15, -0.1) is 0 Å². The lowest BCUT2D eigenvalue weighted by atomic mass is 10.1. The average Bonchev–Trinajstić information content (AvgIpc) is 2.21. The molecule has 0 bridgehead atoms. The van der Waals surface area contributed by atoms with Gasteiger partial charge in [0.25, 0.3) is 5.56 Å². The predicted molar refractivity (Wildman–Crippen MR) is 63.6 cm³/mol. The molecule has 0 unspecified atom stereocenters. The molecule has 1 aromatic heterocycles. The molecule has 17 heavy (non-hydrogen) atoms. The maximum absolute atomic E-state index is 11.5. The lowest BCUT2D eigenvalue weighted by molar-refractivity contribution is -0.121. The van der Waals surface area contributed by atoms with Gasteiger partial charge in [0.1, 0.15) is 17.0 Å². The number of hydrogen-bond donors (Lipinski definition) is 4. The highest BCUT2D eigenvalue weighted by Crippen LogP contribution is 2.15. The van der Waals surface area contributed by atoms with Gasteiger partial charge in [-0.1, -0.05) is 0 Å². The number of nitrogens with one attached hydrogen (secondary N) is 2. The number of aromatic nitrogens is 2. The average molecular weight is 241 g/mol. The zero-order valence-corrected chi connectivity index (χ0v) is 9.83. The maximum Gasteiger partial charge on any atom is 0.329 e. The molecule has 0 spiro atoms. The third-order valence-electron chi connectivity index (χ3n) is 2.42. The molecule has 6 N–H and O–H groups in total. The van der Waals surface area contributed by atoms with Crippen molar-refractivity contribution >= 4 is 17.4 Å². The zero-order valence-electron chi connectivity index (χ0n) is 9.83. The lowest BCUT2D eigenvalue weighted by Gasteiger charge is -2.24. The molecule has 0 aliphatic carbocycles. The van der Waals surface area contributed by atoms with E-state index in [0.717, 1.165) is 4.57 Å². The number of aromatic amines is 1. The van der Waals surface area contributed by atoms with E-state index in [9.17, 15) is 14.4 Å². The molecule has 1 amide bonds. The minimum Gasteiger partial charge on any atom is -0.383 e. The van der Waals surface area contributed by atoms with Gasteiger partial charge in [-0.3, -0.25) is 19.1 Å². The van der Waals surface area contributed by atoms with Crippen molar-refractivity contribution in [2.75, 3.05) is 11.1 Å². The lowest BCUT2D eigenvalue weighted by Crippen LogP contribution is -2.47. The van der Waals surface area contributed by atoms with Crippen molar-refractivity contribution in [2.45, 2.75) is 19.4 Å². The highest BCUT2D eigenvalue weighted by atomic mass is 16.2. The van der Waals surface area contributed by atoms with Gasteiger partial charge in [0, 0.05) is 7.05 Å². The summed E-state index contributed by atoms with van der Waals surface area (Å²) in [6, 6.07) is 0. The van der Waals surface area contributed by atoms with E-state index < -0.39 is 22.7 Å². The van der Waals surface area contributed by atoms with Gasteiger partial charge in [0.2, 0.25) is 5.91 Å². The molecular formula is C9H15N5O3. The van der Waals surface area contributed by atoms with Gasteiger partial charge in [-0.25, -0.2) is 4.79 Å². The van der Waals surface area contributed by atoms with Crippen molar-refractivity contribution < 1.29 is 4.79 Å². The molecule has 0 aliphatic rings. The topological polar surface area (TPSA) is 136 Å². The molecule has 1 heterocycles. The van der Waals surface area contributed by atoms with Crippen LogP contribution in [0.4, 0.5) is 11.5 Å². The zero-order chi connectivity index (χ0) is 13.4. The molecule has 0 saturated heterocycles. The Morgan fingerprint density at radius 3 is 2.41 bits per heavy atom. The SMILES string of the molecule is Cn1c(N)c(NC(C)(C)C(N)=O)c(=O)[nH]c1=O. The molecule has 0 fully saturated rings. The van der Waals surface area contributed by atoms with Crippen LogP contribution in [0.5, 0.6) is 0 Å². The summed E-state index contributed by atoms with van der Waals surface area (Å²) >= 11 is 0. The van der Waals surface area contributed by atoms with E-state index in [1.165, 1.54) is 20.9 Å². The smallest absolute Gasteiger partial charge is 0.329 e. The summed E-state index contributed by atoms with van der Waals surface area (Å²) in [7, 11) is 1.40. The van der Waals surface area contributed by atoms with Crippen LogP contribution in [0.3, 0.4) is 0 Å². The molecule has 94 valence electrons. The summed E-state index contributed by atoms with van der Waals surface area (Å²) in [5.41, 5.74) is 8.25. The van der Waals surface area contributed by atoms with Crippen molar-refractivity contribution in [1.29, 1.82) is 0 Å². The number of nitrogen functional groups attached to an aromatic ring is 1. The molecular weight excluding hydrogens is 226 g/mol. The van der Waals surface area contributed by atoms with Crippen molar-refractivity contribution in [3.05, 3.63) is 20.8 Å². The number of nitrogens with two attached hydrogens (primary N) is 2. The first-order chi connectivity index (χ1) is 7.66. The number of anilines is 2. The quantitative estimate of drug-likeness (QED) is 0.501. The largest absolute Gasteiger partial charge is 0.383 e. The first-order valence-electron chi connectivity index (χ1n) is 4.83. The van der Waals surface area contributed by atoms with Crippen molar-refractivity contribution in [2.24, 2.45) is 12.8 Å². The van der Waals surface area contributed by atoms with Gasteiger partial charge >= 0.3 is 5.69 Å². The van der Waals surface area contributed by atoms with Gasteiger partial charge in [0.15, 0.2) is 0 Å². The monoisotopic (exact) mass is 241 g/mol. The Balaban J connectivity index is 3.35. The fourth-order valence-electron chi connectivity index (χ4n) is 1.13. The molecule has 8 nitrogen and oxygen atoms in total. The second-order valence-corrected chi connectivity index (χ2v) is 4.19. The van der Waals surface area contributed by atoms with Gasteiger partial charge < -0.3 is 16.8 Å². The number of rotatable bonds is 3. The highest BCUT2D eigenvalue weighted by Gasteiger charge is 2.27. The van der Waals surface area contributed by atoms with Crippen LogP contribution in [0.15, 0.2) is 9.59 Å². The van der Waals surface area contributed by atoms with E-state index in [1.807, 2.05) is 0 Å². The van der Waals surface area contributed by atoms with Gasteiger partial charge in [0.05, 0.1) is 0 Å². The minimum atomic E-state index is -1.15. The van der Waals surface area contributed by atoms with Crippen LogP contribution in [0.25, 0.3) is 0 Å². The summed E-state index contributed by atoms with van der Waals surface area (Å²) in [6.45, 7) is 3.00. The fraction of sp³-hybridized carbons (Fsp3) is 0.444. The summed E-state index contributed by atoms with van der Waals surface area (Å²) in [4.78, 5) is 36.0. The second-order valence-electron chi connectivity index (χ2n) is 4.19. The molecule has 0 saturated carbocycles. The van der Waals surface area contributed by atoms with Crippen LogP contribution < -0.4 is 28.0 Å². The number of amides is 1. The van der Waals surface area contributed by atoms with Crippen LogP contribution in [-0.2, 0) is 11.8 Å². The third-order valence-corrected chi connectivity index (χ3v) is 2.42. The predicted octanol–water partition coefficient (Wildman–Crippen LogP) is -1.67. The Morgan fingerprint density at radius 1 is 1.41 bits per heavy atom. The number of hydrogen-bond acceptors (Lipinski definition) is 5. The molecule has 0 atom stereocenters. The summed E-state index contributed by atoms with van der Waals surface area (Å²) in [5.74, 6) is -0.710. The van der Waals surface area contributed by atoms with Crippen LogP contribution in [-0.4, -0.2) is 21.0 Å². The Hall–Kier alpha value is -2.25. The summed E-state index contributed by atoms with van der Waals surface area (Å²) in [6.07, 6.45) is 0. The third kappa shape index (κ3) is 2.30. The molecule has 1 rings (SSSR count). The van der Waals surface area contributed by atoms with Crippen LogP contribution in [0, 0.1) is 0 Å². The second kappa shape index (κ2) is 3.96.